The summed E-state index contributed by atoms with van der Waals surface area (Å²) >= 11 is 0. The van der Waals surface area contributed by atoms with Gasteiger partial charge in [-0.1, -0.05) is 35.9 Å². The molecule has 23 heavy (non-hydrogen) atoms. The lowest BCUT2D eigenvalue weighted by Gasteiger charge is -2.09. The van der Waals surface area contributed by atoms with Gasteiger partial charge >= 0.3 is 0 Å². The van der Waals surface area contributed by atoms with Crippen LogP contribution in [0.5, 0.6) is 0 Å². The van der Waals surface area contributed by atoms with Crippen LogP contribution in [0, 0.1) is 13.8 Å². The molecule has 0 amide bonds. The summed E-state index contributed by atoms with van der Waals surface area (Å²) in [6.07, 6.45) is 1.84. The van der Waals surface area contributed by atoms with Crippen molar-refractivity contribution in [2.75, 3.05) is 0 Å². The topological polar surface area (TPSA) is 56.5 Å². The van der Waals surface area contributed by atoms with E-state index in [1.807, 2.05) is 48.7 Å². The Morgan fingerprint density at radius 3 is 2.52 bits per heavy atom. The number of para-hydroxylation sites is 1. The largest absolute Gasteiger partial charge is 0.255 e. The second-order valence-electron chi connectivity index (χ2n) is 5.56. The van der Waals surface area contributed by atoms with Gasteiger partial charge in [-0.15, -0.1) is 5.10 Å². The smallest absolute Gasteiger partial charge is 0.188 e. The summed E-state index contributed by atoms with van der Waals surface area (Å²) in [5.74, 6) is 0.699. The van der Waals surface area contributed by atoms with Crippen LogP contribution in [0.4, 0.5) is 0 Å². The van der Waals surface area contributed by atoms with E-state index in [4.69, 9.17) is 0 Å². The third-order valence-corrected chi connectivity index (χ3v) is 4.03. The molecule has 112 valence electrons. The Labute approximate surface area is 133 Å². The van der Waals surface area contributed by atoms with E-state index in [1.165, 1.54) is 5.56 Å². The average Bonchev–Trinajstić information content (AvgIpc) is 3.05. The highest BCUT2D eigenvalue weighted by Gasteiger charge is 2.15. The lowest BCUT2D eigenvalue weighted by molar-refractivity contribution is 0.791. The fourth-order valence-corrected chi connectivity index (χ4v) is 2.72. The minimum atomic E-state index is 0.699. The number of aryl methyl sites for hydroxylation is 2. The summed E-state index contributed by atoms with van der Waals surface area (Å²) in [6.45, 7) is 4.13. The molecule has 0 radical (unpaired) electrons. The zero-order valence-corrected chi connectivity index (χ0v) is 12.9. The maximum absolute atomic E-state index is 4.54. The molecule has 0 atom stereocenters. The zero-order valence-electron chi connectivity index (χ0n) is 12.9. The molecule has 0 fully saturated rings. The third-order valence-electron chi connectivity index (χ3n) is 4.03. The van der Waals surface area contributed by atoms with Crippen molar-refractivity contribution in [3.05, 3.63) is 65.9 Å². The van der Waals surface area contributed by atoms with E-state index in [2.05, 4.69) is 40.4 Å². The maximum Gasteiger partial charge on any atom is 0.188 e. The predicted molar refractivity (Wildman–Crippen MR) is 89.4 cm³/mol. The molecule has 0 spiro atoms. The first-order chi connectivity index (χ1) is 11.2. The van der Waals surface area contributed by atoms with E-state index in [1.54, 1.807) is 4.68 Å². The first-order valence-electron chi connectivity index (χ1n) is 7.44. The summed E-state index contributed by atoms with van der Waals surface area (Å²) in [5, 5.41) is 13.3. The van der Waals surface area contributed by atoms with Crippen molar-refractivity contribution in [2.45, 2.75) is 13.8 Å². The number of rotatable bonds is 2. The van der Waals surface area contributed by atoms with Crippen LogP contribution < -0.4 is 0 Å². The molecular formula is C18H15N5. The highest BCUT2D eigenvalue weighted by Crippen LogP contribution is 2.27. The number of tetrazole rings is 1. The lowest BCUT2D eigenvalue weighted by atomic mass is 10.0. The van der Waals surface area contributed by atoms with Gasteiger partial charge < -0.3 is 0 Å². The van der Waals surface area contributed by atoms with E-state index in [-0.39, 0.29) is 0 Å². The normalized spacial score (nSPS) is 11.0. The minimum absolute atomic E-state index is 0.699. The van der Waals surface area contributed by atoms with Gasteiger partial charge in [-0.3, -0.25) is 4.98 Å². The molecule has 4 rings (SSSR count). The summed E-state index contributed by atoms with van der Waals surface area (Å²) < 4.78 is 1.75. The number of fused-ring (bicyclic) bond motifs is 1. The number of aromatic nitrogens is 5. The van der Waals surface area contributed by atoms with Gasteiger partial charge in [0.25, 0.3) is 0 Å². The Hall–Kier alpha value is -3.08. The van der Waals surface area contributed by atoms with Gasteiger partial charge in [0.1, 0.15) is 0 Å². The van der Waals surface area contributed by atoms with E-state index in [9.17, 15) is 0 Å². The van der Waals surface area contributed by atoms with Crippen LogP contribution in [0.1, 0.15) is 11.1 Å². The fourth-order valence-electron chi connectivity index (χ4n) is 2.72. The zero-order chi connectivity index (χ0) is 15.8. The second-order valence-corrected chi connectivity index (χ2v) is 5.56. The standard InChI is InChI=1S/C18H15N5/c1-12-7-9-14(10-8-12)23-18(20-21-22-23)16-11-19-17-6-4-3-5-15(17)13(16)2/h3-11H,1-2H3. The molecule has 0 aliphatic carbocycles. The van der Waals surface area contributed by atoms with Crippen molar-refractivity contribution in [2.24, 2.45) is 0 Å². The molecule has 0 aliphatic rings. The van der Waals surface area contributed by atoms with Crippen LogP contribution >= 0.6 is 0 Å². The van der Waals surface area contributed by atoms with Crippen LogP contribution in [-0.2, 0) is 0 Å². The molecule has 0 saturated heterocycles. The summed E-state index contributed by atoms with van der Waals surface area (Å²) in [6, 6.07) is 16.2. The Morgan fingerprint density at radius 2 is 1.70 bits per heavy atom. The number of hydrogen-bond donors (Lipinski definition) is 0. The number of pyridine rings is 1. The van der Waals surface area contributed by atoms with Crippen LogP contribution in [0.15, 0.2) is 54.7 Å². The fraction of sp³-hybridized carbons (Fsp3) is 0.111. The molecule has 2 heterocycles. The molecule has 2 aromatic heterocycles. The summed E-state index contributed by atoms with van der Waals surface area (Å²) in [7, 11) is 0. The van der Waals surface area contributed by atoms with Crippen molar-refractivity contribution in [3.63, 3.8) is 0 Å². The van der Waals surface area contributed by atoms with Crippen LogP contribution in [0.2, 0.25) is 0 Å². The first-order valence-corrected chi connectivity index (χ1v) is 7.44. The highest BCUT2D eigenvalue weighted by molar-refractivity contribution is 5.87. The number of nitrogens with zero attached hydrogens (tertiary/aromatic N) is 5. The molecule has 0 aliphatic heterocycles. The van der Waals surface area contributed by atoms with Gasteiger partial charge in [-0.25, -0.2) is 0 Å². The van der Waals surface area contributed by atoms with Gasteiger partial charge in [0.2, 0.25) is 0 Å². The first kappa shape index (κ1) is 13.6. The van der Waals surface area contributed by atoms with Crippen LogP contribution in [0.25, 0.3) is 28.0 Å². The number of benzene rings is 2. The molecule has 0 unspecified atom stereocenters. The minimum Gasteiger partial charge on any atom is -0.255 e. The van der Waals surface area contributed by atoms with Gasteiger partial charge in [-0.2, -0.15) is 4.68 Å². The third kappa shape index (κ3) is 2.26. The summed E-state index contributed by atoms with van der Waals surface area (Å²) in [5.41, 5.74) is 5.17. The molecule has 4 aromatic rings. The lowest BCUT2D eigenvalue weighted by Crippen LogP contribution is -2.01. The average molecular weight is 301 g/mol. The van der Waals surface area contributed by atoms with E-state index < -0.39 is 0 Å². The quantitative estimate of drug-likeness (QED) is 0.568. The predicted octanol–water partition coefficient (Wildman–Crippen LogP) is 3.49. The van der Waals surface area contributed by atoms with Crippen LogP contribution in [-0.4, -0.2) is 25.2 Å². The molecular weight excluding hydrogens is 286 g/mol. The Morgan fingerprint density at radius 1 is 0.913 bits per heavy atom. The SMILES string of the molecule is Cc1ccc(-n2nnnc2-c2cnc3ccccc3c2C)cc1. The van der Waals surface area contributed by atoms with E-state index in [0.29, 0.717) is 5.82 Å². The van der Waals surface area contributed by atoms with Gasteiger partial charge in [-0.05, 0) is 48.0 Å². The molecule has 2 aromatic carbocycles. The molecule has 5 nitrogen and oxygen atoms in total. The Kier molecular flexibility index (Phi) is 3.12. The van der Waals surface area contributed by atoms with E-state index in [0.717, 1.165) is 27.7 Å². The van der Waals surface area contributed by atoms with Crippen molar-refractivity contribution in [1.82, 2.24) is 25.2 Å². The van der Waals surface area contributed by atoms with Gasteiger partial charge in [0.15, 0.2) is 5.82 Å². The van der Waals surface area contributed by atoms with Crippen molar-refractivity contribution in [3.8, 4) is 17.1 Å². The maximum atomic E-state index is 4.54. The molecule has 0 N–H and O–H groups in total. The second kappa shape index (κ2) is 5.28. The molecule has 5 heteroatoms. The number of hydrogen-bond acceptors (Lipinski definition) is 4. The van der Waals surface area contributed by atoms with Crippen molar-refractivity contribution < 1.29 is 0 Å². The van der Waals surface area contributed by atoms with Crippen molar-refractivity contribution >= 4 is 10.9 Å². The Balaban J connectivity index is 1.91. The summed E-state index contributed by atoms with van der Waals surface area (Å²) in [4.78, 5) is 4.54. The van der Waals surface area contributed by atoms with Crippen LogP contribution in [0.3, 0.4) is 0 Å². The van der Waals surface area contributed by atoms with E-state index >= 15 is 0 Å². The highest BCUT2D eigenvalue weighted by atomic mass is 15.5. The molecule has 0 bridgehead atoms. The van der Waals surface area contributed by atoms with Gasteiger partial charge in [0.05, 0.1) is 11.2 Å². The molecule has 0 saturated carbocycles. The Bertz CT molecular complexity index is 986. The van der Waals surface area contributed by atoms with Crippen molar-refractivity contribution in [1.29, 1.82) is 0 Å². The monoisotopic (exact) mass is 301 g/mol. The van der Waals surface area contributed by atoms with Gasteiger partial charge in [0, 0.05) is 17.1 Å².